The second-order valence-corrected chi connectivity index (χ2v) is 7.98. The Bertz CT molecular complexity index is 1000. The van der Waals surface area contributed by atoms with Crippen molar-refractivity contribution in [1.82, 2.24) is 15.6 Å². The van der Waals surface area contributed by atoms with Crippen molar-refractivity contribution in [3.8, 4) is 16.9 Å². The van der Waals surface area contributed by atoms with Crippen molar-refractivity contribution in [2.45, 2.75) is 19.4 Å². The molecule has 1 aliphatic heterocycles. The second kappa shape index (κ2) is 6.87. The van der Waals surface area contributed by atoms with E-state index in [0.717, 1.165) is 32.8 Å². The quantitative estimate of drug-likeness (QED) is 0.644. The number of benzene rings is 1. The number of aromatic nitrogens is 1. The number of carbonyl (C=O) groups excluding carboxylic acids is 1. The molecule has 134 valence electrons. The fraction of sp³-hybridized carbons (Fsp3) is 0.263. The number of rotatable bonds is 3. The summed E-state index contributed by atoms with van der Waals surface area (Å²) in [5.74, 6) is 0.259. The molecule has 1 amide bonds. The summed E-state index contributed by atoms with van der Waals surface area (Å²) < 4.78 is 0.982. The van der Waals surface area contributed by atoms with E-state index in [9.17, 15) is 9.90 Å². The molecule has 1 saturated heterocycles. The van der Waals surface area contributed by atoms with E-state index in [1.807, 2.05) is 19.1 Å². The average Bonchev–Trinajstić information content (AvgIpc) is 3.02. The summed E-state index contributed by atoms with van der Waals surface area (Å²) >= 11 is 7.80. The van der Waals surface area contributed by atoms with E-state index < -0.39 is 0 Å². The lowest BCUT2D eigenvalue weighted by molar-refractivity contribution is -0.124. The van der Waals surface area contributed by atoms with E-state index in [0.29, 0.717) is 23.6 Å². The molecule has 5 nitrogen and oxygen atoms in total. The number of hydrogen-bond donors (Lipinski definition) is 3. The Morgan fingerprint density at radius 1 is 1.31 bits per heavy atom. The third-order valence-corrected chi connectivity index (χ3v) is 5.95. The molecule has 3 aromatic rings. The van der Waals surface area contributed by atoms with Crippen molar-refractivity contribution in [2.24, 2.45) is 0 Å². The van der Waals surface area contributed by atoms with Gasteiger partial charge in [0.1, 0.15) is 5.75 Å². The molecule has 0 aliphatic carbocycles. The van der Waals surface area contributed by atoms with Crippen LogP contribution in [0.25, 0.3) is 21.3 Å². The number of thiophene rings is 1. The number of nitrogens with one attached hydrogen (secondary N) is 2. The minimum absolute atomic E-state index is 0.0324. The van der Waals surface area contributed by atoms with Crippen LogP contribution in [0.3, 0.4) is 0 Å². The highest BCUT2D eigenvalue weighted by molar-refractivity contribution is 7.19. The Labute approximate surface area is 160 Å². The normalized spacial score (nSPS) is 17.5. The zero-order valence-corrected chi connectivity index (χ0v) is 15.7. The molecule has 3 heterocycles. The highest BCUT2D eigenvalue weighted by Crippen LogP contribution is 2.40. The van der Waals surface area contributed by atoms with Gasteiger partial charge in [-0.1, -0.05) is 11.6 Å². The van der Waals surface area contributed by atoms with Crippen LogP contribution in [0, 0.1) is 6.92 Å². The van der Waals surface area contributed by atoms with Crippen molar-refractivity contribution >= 4 is 39.1 Å². The number of hydrogen-bond acceptors (Lipinski definition) is 5. The molecular formula is C19H18ClN3O2S. The average molecular weight is 388 g/mol. The highest BCUT2D eigenvalue weighted by Gasteiger charge is 2.23. The van der Waals surface area contributed by atoms with Crippen molar-refractivity contribution in [1.29, 1.82) is 0 Å². The first kappa shape index (κ1) is 17.3. The maximum absolute atomic E-state index is 12.0. The number of piperazine rings is 1. The van der Waals surface area contributed by atoms with Gasteiger partial charge in [0, 0.05) is 46.7 Å². The summed E-state index contributed by atoms with van der Waals surface area (Å²) in [7, 11) is 0. The maximum Gasteiger partial charge on any atom is 0.237 e. The van der Waals surface area contributed by atoms with Crippen LogP contribution in [-0.4, -0.2) is 35.1 Å². The lowest BCUT2D eigenvalue weighted by Gasteiger charge is -2.22. The summed E-state index contributed by atoms with van der Waals surface area (Å²) in [4.78, 5) is 17.5. The molecular weight excluding hydrogens is 370 g/mol. The Kier molecular flexibility index (Phi) is 4.56. The molecule has 0 radical (unpaired) electrons. The van der Waals surface area contributed by atoms with Crippen LogP contribution < -0.4 is 10.6 Å². The molecule has 26 heavy (non-hydrogen) atoms. The van der Waals surface area contributed by atoms with E-state index in [4.69, 9.17) is 11.6 Å². The maximum atomic E-state index is 12.0. The monoisotopic (exact) mass is 387 g/mol. The summed E-state index contributed by atoms with van der Waals surface area (Å²) in [6, 6.07) is 7.20. The van der Waals surface area contributed by atoms with Crippen LogP contribution in [0.1, 0.15) is 10.4 Å². The Hall–Kier alpha value is -2.15. The third-order valence-electron chi connectivity index (χ3n) is 4.56. The molecule has 1 fully saturated rings. The first-order valence-corrected chi connectivity index (χ1v) is 9.60. The minimum Gasteiger partial charge on any atom is -0.507 e. The molecule has 0 saturated carbocycles. The molecule has 0 bridgehead atoms. The Balaban J connectivity index is 1.76. The van der Waals surface area contributed by atoms with Gasteiger partial charge < -0.3 is 15.7 Å². The van der Waals surface area contributed by atoms with Gasteiger partial charge in [0.25, 0.3) is 0 Å². The summed E-state index contributed by atoms with van der Waals surface area (Å²) in [6.45, 7) is 3.28. The number of phenols is 1. The number of amides is 1. The Morgan fingerprint density at radius 2 is 2.15 bits per heavy atom. The fourth-order valence-electron chi connectivity index (χ4n) is 3.26. The minimum atomic E-state index is -0.220. The fourth-order valence-corrected chi connectivity index (χ4v) is 4.71. The molecule has 4 rings (SSSR count). The number of fused-ring (bicyclic) bond motifs is 1. The lowest BCUT2D eigenvalue weighted by atomic mass is 10.0. The van der Waals surface area contributed by atoms with Crippen LogP contribution >= 0.6 is 22.9 Å². The standard InChI is InChI=1S/C19H18ClN3O2S/c1-10-6-11(20)7-14(17(10)24)13-2-3-21-15-8-12(26-18(13)15)9-16-19(25)23-5-4-22-16/h2-3,6-8,16,22,24H,4-5,9H2,1H3,(H,23,25). The predicted molar refractivity (Wildman–Crippen MR) is 105 cm³/mol. The molecule has 2 aromatic heterocycles. The molecule has 1 aliphatic rings. The Morgan fingerprint density at radius 3 is 2.96 bits per heavy atom. The third kappa shape index (κ3) is 3.16. The van der Waals surface area contributed by atoms with E-state index >= 15 is 0 Å². The SMILES string of the molecule is Cc1cc(Cl)cc(-c2ccnc3cc(CC4NCCNC4=O)sc23)c1O. The number of aryl methyl sites for hydroxylation is 1. The van der Waals surface area contributed by atoms with Gasteiger partial charge in [0.05, 0.1) is 16.3 Å². The van der Waals surface area contributed by atoms with Gasteiger partial charge in [-0.2, -0.15) is 0 Å². The number of carbonyl (C=O) groups is 1. The molecule has 1 atom stereocenters. The molecule has 3 N–H and O–H groups in total. The van der Waals surface area contributed by atoms with Gasteiger partial charge in [-0.3, -0.25) is 9.78 Å². The largest absolute Gasteiger partial charge is 0.507 e. The van der Waals surface area contributed by atoms with E-state index in [1.165, 1.54) is 0 Å². The van der Waals surface area contributed by atoms with Gasteiger partial charge in [-0.25, -0.2) is 0 Å². The van der Waals surface area contributed by atoms with Crippen molar-refractivity contribution in [3.63, 3.8) is 0 Å². The van der Waals surface area contributed by atoms with Gasteiger partial charge in [0.15, 0.2) is 0 Å². The first-order chi connectivity index (χ1) is 12.5. The van der Waals surface area contributed by atoms with Crippen molar-refractivity contribution in [2.75, 3.05) is 13.1 Å². The zero-order chi connectivity index (χ0) is 18.3. The molecule has 7 heteroatoms. The number of aromatic hydroxyl groups is 1. The van der Waals surface area contributed by atoms with Crippen LogP contribution in [0.2, 0.25) is 5.02 Å². The van der Waals surface area contributed by atoms with Crippen molar-refractivity contribution < 1.29 is 9.90 Å². The molecule has 1 unspecified atom stereocenters. The zero-order valence-electron chi connectivity index (χ0n) is 14.2. The number of phenolic OH excluding ortho intramolecular Hbond substituents is 1. The van der Waals surface area contributed by atoms with Crippen LogP contribution in [0.4, 0.5) is 0 Å². The predicted octanol–water partition coefficient (Wildman–Crippen LogP) is 3.26. The smallest absolute Gasteiger partial charge is 0.237 e. The first-order valence-electron chi connectivity index (χ1n) is 8.41. The van der Waals surface area contributed by atoms with Crippen LogP contribution in [0.15, 0.2) is 30.5 Å². The van der Waals surface area contributed by atoms with E-state index in [1.54, 1.807) is 29.7 Å². The highest BCUT2D eigenvalue weighted by atomic mass is 35.5. The van der Waals surface area contributed by atoms with Crippen LogP contribution in [-0.2, 0) is 11.2 Å². The molecule has 1 aromatic carbocycles. The summed E-state index contributed by atoms with van der Waals surface area (Å²) in [5.41, 5.74) is 3.19. The van der Waals surface area contributed by atoms with Gasteiger partial charge in [-0.05, 0) is 36.8 Å². The topological polar surface area (TPSA) is 74.2 Å². The van der Waals surface area contributed by atoms with E-state index in [2.05, 4.69) is 15.6 Å². The lowest BCUT2D eigenvalue weighted by Crippen LogP contribution is -2.53. The van der Waals surface area contributed by atoms with Gasteiger partial charge >= 0.3 is 0 Å². The number of nitrogens with zero attached hydrogens (tertiary/aromatic N) is 1. The molecule has 0 spiro atoms. The number of pyridine rings is 1. The second-order valence-electron chi connectivity index (χ2n) is 6.41. The summed E-state index contributed by atoms with van der Waals surface area (Å²) in [6.07, 6.45) is 2.35. The number of halogens is 1. The van der Waals surface area contributed by atoms with Gasteiger partial charge in [0.2, 0.25) is 5.91 Å². The van der Waals surface area contributed by atoms with Crippen LogP contribution in [0.5, 0.6) is 5.75 Å². The summed E-state index contributed by atoms with van der Waals surface area (Å²) in [5, 5.41) is 17.2. The van der Waals surface area contributed by atoms with Crippen molar-refractivity contribution in [3.05, 3.63) is 45.9 Å². The van der Waals surface area contributed by atoms with E-state index in [-0.39, 0.29) is 17.7 Å². The van der Waals surface area contributed by atoms with Gasteiger partial charge in [-0.15, -0.1) is 11.3 Å².